The number of anilines is 1. The lowest BCUT2D eigenvalue weighted by atomic mass is 10.2. The number of halogens is 1. The molecule has 2 N–H and O–H groups in total. The first-order chi connectivity index (χ1) is 8.23. The molecule has 6 heteroatoms. The number of amides is 1. The Morgan fingerprint density at radius 2 is 2.00 bits per heavy atom. The number of benzene rings is 1. The Labute approximate surface area is 105 Å². The summed E-state index contributed by atoms with van der Waals surface area (Å²) in [5.74, 6) is -1.07. The number of carbonyl (C=O) groups excluding carboxylic acids is 1. The Kier molecular flexibility index (Phi) is 4.00. The molecule has 1 rings (SSSR count). The number of phenols is 1. The number of hydrogen-bond donors (Lipinski definition) is 2. The molecule has 0 saturated heterocycles. The zero-order valence-corrected chi connectivity index (χ0v) is 10.7. The molecule has 0 unspecified atom stereocenters. The maximum absolute atomic E-state index is 13.2. The molecule has 1 aromatic carbocycles. The minimum atomic E-state index is -0.787. The summed E-state index contributed by atoms with van der Waals surface area (Å²) in [5.41, 5.74) is -0.794. The first-order valence-electron chi connectivity index (χ1n) is 5.29. The summed E-state index contributed by atoms with van der Waals surface area (Å²) < 4.78 is 23.0. The largest absolute Gasteiger partial charge is 0.503 e. The molecule has 1 amide bonds. The van der Waals surface area contributed by atoms with E-state index in [2.05, 4.69) is 5.32 Å². The Morgan fingerprint density at radius 3 is 2.50 bits per heavy atom. The van der Waals surface area contributed by atoms with Crippen LogP contribution in [0, 0.1) is 5.82 Å². The van der Waals surface area contributed by atoms with E-state index < -0.39 is 17.5 Å². The minimum Gasteiger partial charge on any atom is -0.503 e. The summed E-state index contributed by atoms with van der Waals surface area (Å²) in [6.45, 7) is 5.08. The predicted molar refractivity (Wildman–Crippen MR) is 64.5 cm³/mol. The van der Waals surface area contributed by atoms with Crippen LogP contribution in [0.5, 0.6) is 11.5 Å². The summed E-state index contributed by atoms with van der Waals surface area (Å²) >= 11 is 0. The van der Waals surface area contributed by atoms with E-state index in [1.807, 2.05) is 0 Å². The molecule has 1 aromatic rings. The standard InChI is InChI=1S/C12H16FNO4/c1-12(2,3)18-11(16)14-8-5-7(13)6-9(17-4)10(8)15/h5-6,15H,1-4H3,(H,14,16). The van der Waals surface area contributed by atoms with Crippen molar-refractivity contribution >= 4 is 11.8 Å². The third-order valence-electron chi connectivity index (χ3n) is 1.90. The van der Waals surface area contributed by atoms with Crippen molar-refractivity contribution in [1.29, 1.82) is 0 Å². The van der Waals surface area contributed by atoms with Gasteiger partial charge in [0.05, 0.1) is 12.8 Å². The average molecular weight is 257 g/mol. The second-order valence-corrected chi connectivity index (χ2v) is 4.63. The van der Waals surface area contributed by atoms with Gasteiger partial charge in [-0.1, -0.05) is 0 Å². The van der Waals surface area contributed by atoms with Crippen LogP contribution in [0.4, 0.5) is 14.9 Å². The number of methoxy groups -OCH3 is 1. The van der Waals surface area contributed by atoms with Crippen LogP contribution < -0.4 is 10.1 Å². The highest BCUT2D eigenvalue weighted by Gasteiger charge is 2.19. The number of hydrogen-bond acceptors (Lipinski definition) is 4. The molecule has 0 atom stereocenters. The lowest BCUT2D eigenvalue weighted by molar-refractivity contribution is 0.0635. The van der Waals surface area contributed by atoms with Crippen molar-refractivity contribution in [3.8, 4) is 11.5 Å². The number of ether oxygens (including phenoxy) is 2. The number of phenolic OH excluding ortho intramolecular Hbond substituents is 1. The molecule has 0 aliphatic carbocycles. The van der Waals surface area contributed by atoms with Gasteiger partial charge in [0.15, 0.2) is 11.5 Å². The average Bonchev–Trinajstić information content (AvgIpc) is 2.20. The van der Waals surface area contributed by atoms with Gasteiger partial charge in [-0.05, 0) is 20.8 Å². The van der Waals surface area contributed by atoms with Crippen LogP contribution in [0.1, 0.15) is 20.8 Å². The van der Waals surface area contributed by atoms with Crippen LogP contribution in [0.3, 0.4) is 0 Å². The summed E-state index contributed by atoms with van der Waals surface area (Å²) in [6, 6.07) is 1.98. The molecular formula is C12H16FNO4. The van der Waals surface area contributed by atoms with Gasteiger partial charge in [-0.3, -0.25) is 5.32 Å². The van der Waals surface area contributed by atoms with Crippen molar-refractivity contribution in [2.45, 2.75) is 26.4 Å². The fourth-order valence-corrected chi connectivity index (χ4v) is 1.24. The van der Waals surface area contributed by atoms with E-state index in [0.717, 1.165) is 12.1 Å². The van der Waals surface area contributed by atoms with Crippen molar-refractivity contribution in [3.05, 3.63) is 17.9 Å². The van der Waals surface area contributed by atoms with Gasteiger partial charge < -0.3 is 14.6 Å². The lowest BCUT2D eigenvalue weighted by Crippen LogP contribution is -2.27. The quantitative estimate of drug-likeness (QED) is 0.799. The molecule has 0 aliphatic rings. The van der Waals surface area contributed by atoms with Crippen molar-refractivity contribution in [1.82, 2.24) is 0 Å². The first kappa shape index (κ1) is 14.1. The highest BCUT2D eigenvalue weighted by molar-refractivity contribution is 5.87. The van der Waals surface area contributed by atoms with Crippen LogP contribution in [-0.4, -0.2) is 23.9 Å². The van der Waals surface area contributed by atoms with Crippen LogP contribution in [0.2, 0.25) is 0 Å². The highest BCUT2D eigenvalue weighted by atomic mass is 19.1. The molecule has 0 aromatic heterocycles. The third-order valence-corrected chi connectivity index (χ3v) is 1.90. The monoisotopic (exact) mass is 257 g/mol. The summed E-state index contributed by atoms with van der Waals surface area (Å²) in [4.78, 5) is 11.5. The fourth-order valence-electron chi connectivity index (χ4n) is 1.24. The van der Waals surface area contributed by atoms with E-state index in [0.29, 0.717) is 0 Å². The van der Waals surface area contributed by atoms with Crippen molar-refractivity contribution < 1.29 is 23.8 Å². The Bertz CT molecular complexity index is 454. The summed E-state index contributed by atoms with van der Waals surface area (Å²) in [6.07, 6.45) is -0.787. The molecule has 5 nitrogen and oxygen atoms in total. The zero-order chi connectivity index (χ0) is 13.9. The molecule has 100 valence electrons. The Morgan fingerprint density at radius 1 is 1.39 bits per heavy atom. The molecule has 0 aliphatic heterocycles. The molecule has 0 bridgehead atoms. The molecule has 0 radical (unpaired) electrons. The van der Waals surface area contributed by atoms with Crippen LogP contribution >= 0.6 is 0 Å². The van der Waals surface area contributed by atoms with Gasteiger partial charge in [0.2, 0.25) is 0 Å². The van der Waals surface area contributed by atoms with Gasteiger partial charge in [0.1, 0.15) is 11.4 Å². The number of nitrogens with one attached hydrogen (secondary N) is 1. The topological polar surface area (TPSA) is 67.8 Å². The maximum Gasteiger partial charge on any atom is 0.412 e. The van der Waals surface area contributed by atoms with Crippen molar-refractivity contribution in [3.63, 3.8) is 0 Å². The Balaban J connectivity index is 2.91. The zero-order valence-electron chi connectivity index (χ0n) is 10.7. The summed E-state index contributed by atoms with van der Waals surface area (Å²) in [5, 5.41) is 11.9. The normalized spacial score (nSPS) is 10.9. The van der Waals surface area contributed by atoms with E-state index in [9.17, 15) is 14.3 Å². The molecule has 0 fully saturated rings. The predicted octanol–water partition coefficient (Wildman–Crippen LogP) is 2.89. The second kappa shape index (κ2) is 5.12. The molecular weight excluding hydrogens is 241 g/mol. The summed E-state index contributed by atoms with van der Waals surface area (Å²) in [7, 11) is 1.28. The molecule has 18 heavy (non-hydrogen) atoms. The van der Waals surface area contributed by atoms with Crippen molar-refractivity contribution in [2.75, 3.05) is 12.4 Å². The van der Waals surface area contributed by atoms with Gasteiger partial charge in [0, 0.05) is 12.1 Å². The fraction of sp³-hybridized carbons (Fsp3) is 0.417. The number of carbonyl (C=O) groups is 1. The third kappa shape index (κ3) is 3.80. The van der Waals surface area contributed by atoms with E-state index in [-0.39, 0.29) is 17.2 Å². The Hall–Kier alpha value is -1.98. The van der Waals surface area contributed by atoms with Gasteiger partial charge in [-0.15, -0.1) is 0 Å². The smallest absolute Gasteiger partial charge is 0.412 e. The number of aromatic hydroxyl groups is 1. The van der Waals surface area contributed by atoms with Crippen molar-refractivity contribution in [2.24, 2.45) is 0 Å². The van der Waals surface area contributed by atoms with Crippen LogP contribution in [0.15, 0.2) is 12.1 Å². The molecule has 0 spiro atoms. The van der Waals surface area contributed by atoms with E-state index in [4.69, 9.17) is 9.47 Å². The van der Waals surface area contributed by atoms with E-state index in [1.165, 1.54) is 7.11 Å². The van der Waals surface area contributed by atoms with Gasteiger partial charge in [-0.2, -0.15) is 0 Å². The van der Waals surface area contributed by atoms with Gasteiger partial charge in [0.25, 0.3) is 0 Å². The minimum absolute atomic E-state index is 0.0685. The van der Waals surface area contributed by atoms with Gasteiger partial charge >= 0.3 is 6.09 Å². The second-order valence-electron chi connectivity index (χ2n) is 4.63. The van der Waals surface area contributed by atoms with Gasteiger partial charge in [-0.25, -0.2) is 9.18 Å². The van der Waals surface area contributed by atoms with Crippen LogP contribution in [0.25, 0.3) is 0 Å². The lowest BCUT2D eigenvalue weighted by Gasteiger charge is -2.20. The van der Waals surface area contributed by atoms with E-state index in [1.54, 1.807) is 20.8 Å². The SMILES string of the molecule is COc1cc(F)cc(NC(=O)OC(C)(C)C)c1O. The molecule has 0 heterocycles. The highest BCUT2D eigenvalue weighted by Crippen LogP contribution is 2.35. The maximum atomic E-state index is 13.2. The number of rotatable bonds is 2. The van der Waals surface area contributed by atoms with Crippen LogP contribution in [-0.2, 0) is 4.74 Å². The molecule has 0 saturated carbocycles. The first-order valence-corrected chi connectivity index (χ1v) is 5.29. The van der Waals surface area contributed by atoms with E-state index >= 15 is 0 Å².